The summed E-state index contributed by atoms with van der Waals surface area (Å²) in [5, 5.41) is 12.6. The molecule has 5 nitrogen and oxygen atoms in total. The molecule has 2 unspecified atom stereocenters. The lowest BCUT2D eigenvalue weighted by Crippen LogP contribution is -2.43. The molecule has 2 atom stereocenters. The van der Waals surface area contributed by atoms with Crippen LogP contribution in [0.15, 0.2) is 30.3 Å². The predicted molar refractivity (Wildman–Crippen MR) is 75.1 cm³/mol. The molecule has 1 aliphatic rings. The maximum atomic E-state index is 12.2. The number of likely N-dealkylation sites (tertiary alicyclic amines) is 1. The number of nitrogens with one attached hydrogen (secondary N) is 1. The number of β-amino-alcohol motifs (C(OH)–C–C–N with tert-alkyl or cyclic N) is 1. The zero-order chi connectivity index (χ0) is 13.8. The maximum absolute atomic E-state index is 12.2. The summed E-state index contributed by atoms with van der Waals surface area (Å²) < 4.78 is 0. The average molecular weight is 263 g/mol. The number of anilines is 1. The van der Waals surface area contributed by atoms with Crippen LogP contribution in [0, 0.1) is 0 Å². The van der Waals surface area contributed by atoms with Gasteiger partial charge in [0.05, 0.1) is 6.10 Å². The second-order valence-electron chi connectivity index (χ2n) is 5.25. The highest BCUT2D eigenvalue weighted by molar-refractivity contribution is 5.89. The Morgan fingerprint density at radius 3 is 2.74 bits per heavy atom. The van der Waals surface area contributed by atoms with Gasteiger partial charge in [0.1, 0.15) is 0 Å². The molecule has 0 aliphatic carbocycles. The van der Waals surface area contributed by atoms with Crippen LogP contribution in [0.2, 0.25) is 0 Å². The molecule has 0 radical (unpaired) electrons. The van der Waals surface area contributed by atoms with E-state index < -0.39 is 6.10 Å². The highest BCUT2D eigenvalue weighted by Gasteiger charge is 2.34. The van der Waals surface area contributed by atoms with Gasteiger partial charge in [-0.15, -0.1) is 0 Å². The van der Waals surface area contributed by atoms with Crippen LogP contribution in [-0.2, 0) is 0 Å². The largest absolute Gasteiger partial charge is 0.391 e. The van der Waals surface area contributed by atoms with Crippen molar-refractivity contribution in [3.8, 4) is 0 Å². The SMILES string of the molecule is CN(C)CC1CC(O)CN1C(=O)Nc1ccccc1. The fourth-order valence-electron chi connectivity index (χ4n) is 2.45. The van der Waals surface area contributed by atoms with E-state index in [1.807, 2.05) is 49.3 Å². The summed E-state index contributed by atoms with van der Waals surface area (Å²) in [5.74, 6) is 0. The number of para-hydroxylation sites is 1. The van der Waals surface area contributed by atoms with Gasteiger partial charge in [0, 0.05) is 24.8 Å². The molecule has 0 saturated carbocycles. The molecule has 1 saturated heterocycles. The number of benzene rings is 1. The van der Waals surface area contributed by atoms with E-state index in [-0.39, 0.29) is 12.1 Å². The van der Waals surface area contributed by atoms with Gasteiger partial charge in [0.2, 0.25) is 0 Å². The smallest absolute Gasteiger partial charge is 0.322 e. The Labute approximate surface area is 113 Å². The molecule has 1 fully saturated rings. The Morgan fingerprint density at radius 1 is 1.42 bits per heavy atom. The summed E-state index contributed by atoms with van der Waals surface area (Å²) in [7, 11) is 3.94. The van der Waals surface area contributed by atoms with E-state index >= 15 is 0 Å². The van der Waals surface area contributed by atoms with E-state index in [0.29, 0.717) is 13.0 Å². The molecule has 1 aromatic carbocycles. The van der Waals surface area contributed by atoms with Crippen molar-refractivity contribution in [3.63, 3.8) is 0 Å². The number of rotatable bonds is 3. The first kappa shape index (κ1) is 13.8. The molecule has 1 aliphatic heterocycles. The summed E-state index contributed by atoms with van der Waals surface area (Å²) in [6, 6.07) is 9.29. The molecule has 1 heterocycles. The standard InChI is InChI=1S/C14H21N3O2/c1-16(2)9-12-8-13(18)10-17(12)14(19)15-11-6-4-3-5-7-11/h3-7,12-13,18H,8-10H2,1-2H3,(H,15,19). The Balaban J connectivity index is 2.00. The summed E-state index contributed by atoms with van der Waals surface area (Å²) in [6.45, 7) is 1.16. The maximum Gasteiger partial charge on any atom is 0.322 e. The number of aliphatic hydroxyl groups is 1. The molecular weight excluding hydrogens is 242 g/mol. The number of carbonyl (C=O) groups is 1. The minimum atomic E-state index is -0.425. The second kappa shape index (κ2) is 6.04. The van der Waals surface area contributed by atoms with Crippen molar-refractivity contribution >= 4 is 11.7 Å². The van der Waals surface area contributed by atoms with Crippen molar-refractivity contribution in [1.29, 1.82) is 0 Å². The van der Waals surface area contributed by atoms with Crippen LogP contribution in [-0.4, -0.2) is 60.3 Å². The number of amides is 2. The lowest BCUT2D eigenvalue weighted by molar-refractivity contribution is 0.174. The summed E-state index contributed by atoms with van der Waals surface area (Å²) in [5.41, 5.74) is 0.775. The number of aliphatic hydroxyl groups excluding tert-OH is 1. The molecule has 2 rings (SSSR count). The van der Waals surface area contributed by atoms with Gasteiger partial charge in [-0.2, -0.15) is 0 Å². The summed E-state index contributed by atoms with van der Waals surface area (Å²) >= 11 is 0. The highest BCUT2D eigenvalue weighted by atomic mass is 16.3. The van der Waals surface area contributed by atoms with E-state index in [9.17, 15) is 9.90 Å². The van der Waals surface area contributed by atoms with Crippen molar-refractivity contribution in [1.82, 2.24) is 9.80 Å². The first-order chi connectivity index (χ1) is 9.06. The lowest BCUT2D eigenvalue weighted by atomic mass is 10.2. The fourth-order valence-corrected chi connectivity index (χ4v) is 2.45. The highest BCUT2D eigenvalue weighted by Crippen LogP contribution is 2.20. The minimum absolute atomic E-state index is 0.0636. The zero-order valence-corrected chi connectivity index (χ0v) is 11.4. The number of hydrogen-bond donors (Lipinski definition) is 2. The summed E-state index contributed by atoms with van der Waals surface area (Å²) in [6.07, 6.45) is 0.215. The van der Waals surface area contributed by atoms with Crippen LogP contribution in [0.5, 0.6) is 0 Å². The number of hydrogen-bond acceptors (Lipinski definition) is 3. The van der Waals surface area contributed by atoms with Crippen molar-refractivity contribution in [2.45, 2.75) is 18.6 Å². The molecule has 104 valence electrons. The summed E-state index contributed by atoms with van der Waals surface area (Å²) in [4.78, 5) is 16.0. The Hall–Kier alpha value is -1.59. The topological polar surface area (TPSA) is 55.8 Å². The number of nitrogens with zero attached hydrogens (tertiary/aromatic N) is 2. The Morgan fingerprint density at radius 2 is 2.11 bits per heavy atom. The van der Waals surface area contributed by atoms with Crippen LogP contribution in [0.3, 0.4) is 0 Å². The quantitative estimate of drug-likeness (QED) is 0.862. The van der Waals surface area contributed by atoms with E-state index in [0.717, 1.165) is 12.2 Å². The van der Waals surface area contributed by atoms with Gasteiger partial charge < -0.3 is 20.2 Å². The molecule has 0 spiro atoms. The Kier molecular flexibility index (Phi) is 4.39. The van der Waals surface area contributed by atoms with Crippen molar-refractivity contribution < 1.29 is 9.90 Å². The van der Waals surface area contributed by atoms with Crippen LogP contribution >= 0.6 is 0 Å². The van der Waals surface area contributed by atoms with Crippen molar-refractivity contribution in [3.05, 3.63) is 30.3 Å². The molecule has 0 aromatic heterocycles. The Bertz CT molecular complexity index is 422. The van der Waals surface area contributed by atoms with Crippen molar-refractivity contribution in [2.75, 3.05) is 32.5 Å². The van der Waals surface area contributed by atoms with Gasteiger partial charge in [0.15, 0.2) is 0 Å². The number of likely N-dealkylation sites (N-methyl/N-ethyl adjacent to an activating group) is 1. The predicted octanol–water partition coefficient (Wildman–Crippen LogP) is 1.22. The van der Waals surface area contributed by atoms with Crippen molar-refractivity contribution in [2.24, 2.45) is 0 Å². The third kappa shape index (κ3) is 3.68. The van der Waals surface area contributed by atoms with Gasteiger partial charge in [-0.1, -0.05) is 18.2 Å². The van der Waals surface area contributed by atoms with Gasteiger partial charge in [-0.05, 0) is 32.6 Å². The van der Waals surface area contributed by atoms with E-state index in [1.165, 1.54) is 0 Å². The van der Waals surface area contributed by atoms with E-state index in [2.05, 4.69) is 5.32 Å². The normalized spacial score (nSPS) is 22.8. The van der Waals surface area contributed by atoms with E-state index in [1.54, 1.807) is 4.90 Å². The van der Waals surface area contributed by atoms with Crippen LogP contribution < -0.4 is 5.32 Å². The van der Waals surface area contributed by atoms with Gasteiger partial charge in [0.25, 0.3) is 0 Å². The lowest BCUT2D eigenvalue weighted by Gasteiger charge is -2.26. The molecule has 2 amide bonds. The van der Waals surface area contributed by atoms with Gasteiger partial charge in [-0.3, -0.25) is 0 Å². The third-order valence-corrected chi connectivity index (χ3v) is 3.25. The van der Waals surface area contributed by atoms with Crippen LogP contribution in [0.4, 0.5) is 10.5 Å². The molecule has 1 aromatic rings. The van der Waals surface area contributed by atoms with Gasteiger partial charge in [-0.25, -0.2) is 4.79 Å². The van der Waals surface area contributed by atoms with E-state index in [4.69, 9.17) is 0 Å². The minimum Gasteiger partial charge on any atom is -0.391 e. The van der Waals surface area contributed by atoms with Gasteiger partial charge >= 0.3 is 6.03 Å². The molecule has 2 N–H and O–H groups in total. The fraction of sp³-hybridized carbons (Fsp3) is 0.500. The molecule has 19 heavy (non-hydrogen) atoms. The van der Waals surface area contributed by atoms with Crippen LogP contribution in [0.25, 0.3) is 0 Å². The first-order valence-corrected chi connectivity index (χ1v) is 6.51. The zero-order valence-electron chi connectivity index (χ0n) is 11.4. The number of urea groups is 1. The number of carbonyl (C=O) groups excluding carboxylic acids is 1. The van der Waals surface area contributed by atoms with Crippen LogP contribution in [0.1, 0.15) is 6.42 Å². The first-order valence-electron chi connectivity index (χ1n) is 6.51. The average Bonchev–Trinajstić information content (AvgIpc) is 2.70. The third-order valence-electron chi connectivity index (χ3n) is 3.25. The molecular formula is C14H21N3O2. The monoisotopic (exact) mass is 263 g/mol. The second-order valence-corrected chi connectivity index (χ2v) is 5.25. The molecule has 0 bridgehead atoms. The molecule has 5 heteroatoms.